The fourth-order valence-corrected chi connectivity index (χ4v) is 3.31. The molecule has 1 fully saturated rings. The lowest BCUT2D eigenvalue weighted by atomic mass is 9.96. The van der Waals surface area contributed by atoms with Crippen LogP contribution < -0.4 is 0 Å². The van der Waals surface area contributed by atoms with Gasteiger partial charge < -0.3 is 9.64 Å². The minimum Gasteiger partial charge on any atom is -0.445 e. The van der Waals surface area contributed by atoms with Gasteiger partial charge in [-0.05, 0) is 35.2 Å². The molecule has 4 heteroatoms. The summed E-state index contributed by atoms with van der Waals surface area (Å²) >= 11 is 2.40. The van der Waals surface area contributed by atoms with E-state index in [0.29, 0.717) is 12.5 Å². The second-order valence-corrected chi connectivity index (χ2v) is 6.05. The first-order chi connectivity index (χ1) is 9.29. The zero-order valence-electron chi connectivity index (χ0n) is 11.1. The predicted octanol–water partition coefficient (Wildman–Crippen LogP) is 3.86. The zero-order valence-corrected chi connectivity index (χ0v) is 13.2. The van der Waals surface area contributed by atoms with Crippen LogP contribution in [-0.2, 0) is 11.3 Å². The quantitative estimate of drug-likeness (QED) is 0.593. The van der Waals surface area contributed by atoms with Crippen LogP contribution in [-0.4, -0.2) is 28.5 Å². The zero-order chi connectivity index (χ0) is 13.5. The molecule has 19 heavy (non-hydrogen) atoms. The molecule has 0 unspecified atom stereocenters. The molecule has 1 heterocycles. The van der Waals surface area contributed by atoms with Crippen molar-refractivity contribution in [3.63, 3.8) is 0 Å². The van der Waals surface area contributed by atoms with Gasteiger partial charge in [-0.15, -0.1) is 0 Å². The maximum Gasteiger partial charge on any atom is 0.410 e. The number of rotatable bonds is 4. The van der Waals surface area contributed by atoms with Crippen LogP contribution in [0.5, 0.6) is 0 Å². The number of carbonyl (C=O) groups is 1. The average molecular weight is 373 g/mol. The molecule has 0 aromatic heterocycles. The molecular weight excluding hydrogens is 353 g/mol. The average Bonchev–Trinajstić information content (AvgIpc) is 2.46. The number of hydrogen-bond acceptors (Lipinski definition) is 2. The Morgan fingerprint density at radius 2 is 2.16 bits per heavy atom. The summed E-state index contributed by atoms with van der Waals surface area (Å²) in [6, 6.07) is 9.83. The summed E-state index contributed by atoms with van der Waals surface area (Å²) in [5.41, 5.74) is 1.04. The van der Waals surface area contributed by atoms with E-state index in [1.807, 2.05) is 35.2 Å². The van der Waals surface area contributed by atoms with Crippen LogP contribution >= 0.6 is 22.6 Å². The summed E-state index contributed by atoms with van der Waals surface area (Å²) in [5, 5.41) is 0. The van der Waals surface area contributed by atoms with Crippen molar-refractivity contribution in [2.75, 3.05) is 17.5 Å². The molecule has 0 N–H and O–H groups in total. The monoisotopic (exact) mass is 373 g/mol. The van der Waals surface area contributed by atoms with E-state index in [-0.39, 0.29) is 6.09 Å². The Hall–Kier alpha value is -0.780. The van der Waals surface area contributed by atoms with Gasteiger partial charge in [-0.3, -0.25) is 0 Å². The van der Waals surface area contributed by atoms with Crippen molar-refractivity contribution < 1.29 is 9.53 Å². The molecular formula is C15H20INO2. The summed E-state index contributed by atoms with van der Waals surface area (Å²) in [5.74, 6) is 0.648. The van der Waals surface area contributed by atoms with Crippen LogP contribution in [0.4, 0.5) is 4.79 Å². The molecule has 0 radical (unpaired) electrons. The number of piperidine rings is 1. The third-order valence-corrected chi connectivity index (χ3v) is 4.12. The normalized spacial score (nSPS) is 19.2. The van der Waals surface area contributed by atoms with Crippen LogP contribution in [0.2, 0.25) is 0 Å². The summed E-state index contributed by atoms with van der Waals surface area (Å²) in [7, 11) is 0. The number of ether oxygens (including phenoxy) is 1. The largest absolute Gasteiger partial charge is 0.445 e. The van der Waals surface area contributed by atoms with Crippen LogP contribution in [0.15, 0.2) is 30.3 Å². The Labute approximate surface area is 128 Å². The van der Waals surface area contributed by atoms with E-state index in [4.69, 9.17) is 4.74 Å². The number of hydrogen-bond donors (Lipinski definition) is 0. The van der Waals surface area contributed by atoms with Gasteiger partial charge in [0, 0.05) is 13.1 Å². The van der Waals surface area contributed by atoms with Gasteiger partial charge in [0.05, 0.1) is 0 Å². The Morgan fingerprint density at radius 1 is 1.37 bits per heavy atom. The molecule has 104 valence electrons. The molecule has 0 spiro atoms. The molecule has 1 amide bonds. The van der Waals surface area contributed by atoms with Gasteiger partial charge in [0.15, 0.2) is 0 Å². The van der Waals surface area contributed by atoms with E-state index in [2.05, 4.69) is 22.6 Å². The summed E-state index contributed by atoms with van der Waals surface area (Å²) in [4.78, 5) is 13.9. The molecule has 1 saturated heterocycles. The fraction of sp³-hybridized carbons (Fsp3) is 0.533. The third-order valence-electron chi connectivity index (χ3n) is 3.50. The van der Waals surface area contributed by atoms with Crippen LogP contribution in [0.1, 0.15) is 24.8 Å². The first-order valence-electron chi connectivity index (χ1n) is 6.81. The minimum absolute atomic E-state index is 0.165. The molecule has 0 aliphatic carbocycles. The van der Waals surface area contributed by atoms with Crippen molar-refractivity contribution in [3.8, 4) is 0 Å². The SMILES string of the molecule is O=C(OCc1ccccc1)N1CCC[C@H](CCI)C1. The molecule has 1 atom stereocenters. The molecule has 2 rings (SSSR count). The van der Waals surface area contributed by atoms with E-state index in [9.17, 15) is 4.79 Å². The molecule has 0 bridgehead atoms. The van der Waals surface area contributed by atoms with Gasteiger partial charge in [0.2, 0.25) is 0 Å². The van der Waals surface area contributed by atoms with Crippen molar-refractivity contribution in [3.05, 3.63) is 35.9 Å². The fourth-order valence-electron chi connectivity index (χ4n) is 2.43. The van der Waals surface area contributed by atoms with Gasteiger partial charge in [-0.1, -0.05) is 52.9 Å². The van der Waals surface area contributed by atoms with Gasteiger partial charge >= 0.3 is 6.09 Å². The lowest BCUT2D eigenvalue weighted by Crippen LogP contribution is -2.40. The van der Waals surface area contributed by atoms with E-state index >= 15 is 0 Å². The van der Waals surface area contributed by atoms with Gasteiger partial charge in [-0.2, -0.15) is 0 Å². The lowest BCUT2D eigenvalue weighted by molar-refractivity contribution is 0.0788. The highest BCUT2D eigenvalue weighted by Gasteiger charge is 2.24. The van der Waals surface area contributed by atoms with Crippen molar-refractivity contribution in [2.45, 2.75) is 25.9 Å². The molecule has 3 nitrogen and oxygen atoms in total. The van der Waals surface area contributed by atoms with Gasteiger partial charge in [0.1, 0.15) is 6.61 Å². The van der Waals surface area contributed by atoms with Gasteiger partial charge in [0.25, 0.3) is 0 Å². The standard InChI is InChI=1S/C15H20INO2/c16-9-8-13-7-4-10-17(11-13)15(18)19-12-14-5-2-1-3-6-14/h1-3,5-6,13H,4,7-12H2/t13-/m1/s1. The van der Waals surface area contributed by atoms with Crippen LogP contribution in [0, 0.1) is 5.92 Å². The Balaban J connectivity index is 1.79. The molecule has 1 aliphatic rings. The predicted molar refractivity (Wildman–Crippen MR) is 84.4 cm³/mol. The second kappa shape index (κ2) is 7.72. The van der Waals surface area contributed by atoms with E-state index < -0.39 is 0 Å². The maximum atomic E-state index is 12.0. The molecule has 1 aromatic rings. The summed E-state index contributed by atoms with van der Waals surface area (Å²) in [6.45, 7) is 2.06. The van der Waals surface area contributed by atoms with Crippen LogP contribution in [0.3, 0.4) is 0 Å². The smallest absolute Gasteiger partial charge is 0.410 e. The van der Waals surface area contributed by atoms with Crippen LogP contribution in [0.25, 0.3) is 0 Å². The highest BCUT2D eigenvalue weighted by atomic mass is 127. The Morgan fingerprint density at radius 3 is 2.89 bits per heavy atom. The minimum atomic E-state index is -0.165. The highest BCUT2D eigenvalue weighted by Crippen LogP contribution is 2.21. The first kappa shape index (κ1) is 14.6. The third kappa shape index (κ3) is 4.67. The highest BCUT2D eigenvalue weighted by molar-refractivity contribution is 14.1. The Kier molecular flexibility index (Phi) is 5.94. The molecule has 1 aliphatic heterocycles. The first-order valence-corrected chi connectivity index (χ1v) is 8.33. The van der Waals surface area contributed by atoms with Crippen molar-refractivity contribution >= 4 is 28.7 Å². The number of amides is 1. The second-order valence-electron chi connectivity index (χ2n) is 4.97. The van der Waals surface area contributed by atoms with E-state index in [1.54, 1.807) is 0 Å². The summed E-state index contributed by atoms with van der Waals surface area (Å²) < 4.78 is 6.54. The number of carbonyl (C=O) groups excluding carboxylic acids is 1. The van der Waals surface area contributed by atoms with Crippen molar-refractivity contribution in [2.24, 2.45) is 5.92 Å². The summed E-state index contributed by atoms with van der Waals surface area (Å²) in [6.07, 6.45) is 3.37. The number of benzene rings is 1. The van der Waals surface area contributed by atoms with Crippen molar-refractivity contribution in [1.29, 1.82) is 0 Å². The van der Waals surface area contributed by atoms with Crippen molar-refractivity contribution in [1.82, 2.24) is 4.90 Å². The van der Waals surface area contributed by atoms with Gasteiger partial charge in [-0.25, -0.2) is 4.79 Å². The lowest BCUT2D eigenvalue weighted by Gasteiger charge is -2.31. The molecule has 0 saturated carbocycles. The number of halogens is 1. The maximum absolute atomic E-state index is 12.0. The topological polar surface area (TPSA) is 29.5 Å². The number of nitrogens with zero attached hydrogens (tertiary/aromatic N) is 1. The Bertz CT molecular complexity index is 394. The number of likely N-dealkylation sites (tertiary alicyclic amines) is 1. The van der Waals surface area contributed by atoms with E-state index in [1.165, 1.54) is 12.8 Å². The number of alkyl halides is 1. The van der Waals surface area contributed by atoms with E-state index in [0.717, 1.165) is 29.5 Å². The molecule has 1 aromatic carbocycles.